The van der Waals surface area contributed by atoms with Gasteiger partial charge in [-0.05, 0) is 109 Å². The summed E-state index contributed by atoms with van der Waals surface area (Å²) in [6.07, 6.45) is 0. The number of hydrogen-bond donors (Lipinski definition) is 0. The summed E-state index contributed by atoms with van der Waals surface area (Å²) < 4.78 is 5.02. The molecule has 292 valence electrons. The molecule has 2 aliphatic carbocycles. The monoisotopic (exact) mass is 798 g/mol. The van der Waals surface area contributed by atoms with Crippen molar-refractivity contribution in [3.63, 3.8) is 0 Å². The van der Waals surface area contributed by atoms with Crippen LogP contribution in [0.5, 0.6) is 0 Å². The van der Waals surface area contributed by atoms with Gasteiger partial charge in [0.25, 0.3) is 0 Å². The molecule has 2 nitrogen and oxygen atoms in total. The molecular formula is C61H38N2. The minimum atomic E-state index is -0.424. The minimum Gasteiger partial charge on any atom is -0.309 e. The number of hydrogen-bond acceptors (Lipinski definition) is 0. The van der Waals surface area contributed by atoms with Crippen molar-refractivity contribution >= 4 is 43.6 Å². The maximum atomic E-state index is 2.55. The molecule has 12 aromatic rings. The Morgan fingerprint density at radius 3 is 1.46 bits per heavy atom. The third-order valence-corrected chi connectivity index (χ3v) is 14.1. The highest BCUT2D eigenvalue weighted by atomic mass is 15.0. The van der Waals surface area contributed by atoms with Crippen LogP contribution in [0.1, 0.15) is 22.3 Å². The number of nitrogens with zero attached hydrogens (tertiary/aromatic N) is 2. The van der Waals surface area contributed by atoms with Gasteiger partial charge in [-0.1, -0.05) is 188 Å². The summed E-state index contributed by atoms with van der Waals surface area (Å²) in [6, 6.07) is 85.7. The fourth-order valence-electron chi connectivity index (χ4n) is 11.6. The zero-order valence-corrected chi connectivity index (χ0v) is 34.3. The van der Waals surface area contributed by atoms with Crippen LogP contribution in [0.2, 0.25) is 0 Å². The Kier molecular flexibility index (Phi) is 7.07. The molecule has 1 spiro atoms. The molecular weight excluding hydrogens is 761 g/mol. The smallest absolute Gasteiger partial charge is 0.0726 e. The van der Waals surface area contributed by atoms with E-state index in [1.807, 2.05) is 0 Å². The van der Waals surface area contributed by atoms with E-state index >= 15 is 0 Å². The lowest BCUT2D eigenvalue weighted by Crippen LogP contribution is -2.26. The van der Waals surface area contributed by atoms with Crippen LogP contribution < -0.4 is 0 Å². The highest BCUT2D eigenvalue weighted by Gasteiger charge is 2.51. The van der Waals surface area contributed by atoms with Gasteiger partial charge < -0.3 is 9.13 Å². The molecule has 63 heavy (non-hydrogen) atoms. The zero-order chi connectivity index (χ0) is 41.2. The van der Waals surface area contributed by atoms with E-state index in [1.165, 1.54) is 116 Å². The van der Waals surface area contributed by atoms with E-state index in [0.29, 0.717) is 0 Å². The van der Waals surface area contributed by atoms with Gasteiger partial charge in [-0.15, -0.1) is 0 Å². The van der Waals surface area contributed by atoms with Crippen LogP contribution in [0, 0.1) is 0 Å². The van der Waals surface area contributed by atoms with Crippen molar-refractivity contribution in [3.05, 3.63) is 253 Å². The summed E-state index contributed by atoms with van der Waals surface area (Å²) in [7, 11) is 0. The van der Waals surface area contributed by atoms with Crippen molar-refractivity contribution in [1.29, 1.82) is 0 Å². The molecule has 0 fully saturated rings. The molecule has 0 amide bonds. The van der Waals surface area contributed by atoms with Crippen molar-refractivity contribution < 1.29 is 0 Å². The first-order chi connectivity index (χ1) is 31.3. The molecule has 14 rings (SSSR count). The molecule has 0 radical (unpaired) electrons. The molecule has 10 aromatic carbocycles. The maximum absolute atomic E-state index is 2.55. The van der Waals surface area contributed by atoms with Crippen LogP contribution in [0.15, 0.2) is 231 Å². The first-order valence-electron chi connectivity index (χ1n) is 21.9. The lowest BCUT2D eigenvalue weighted by atomic mass is 9.70. The molecule has 0 bridgehead atoms. The fourth-order valence-corrected chi connectivity index (χ4v) is 11.6. The molecule has 0 atom stereocenters. The number of rotatable bonds is 4. The van der Waals surface area contributed by atoms with Gasteiger partial charge in [-0.2, -0.15) is 0 Å². The van der Waals surface area contributed by atoms with Crippen LogP contribution in [-0.2, 0) is 5.41 Å². The van der Waals surface area contributed by atoms with Gasteiger partial charge in [0.1, 0.15) is 0 Å². The van der Waals surface area contributed by atoms with E-state index in [9.17, 15) is 0 Å². The molecule has 2 heterocycles. The molecule has 0 saturated carbocycles. The van der Waals surface area contributed by atoms with Gasteiger partial charge in [0.15, 0.2) is 0 Å². The quantitative estimate of drug-likeness (QED) is 0.168. The first kappa shape index (κ1) is 34.5. The second kappa shape index (κ2) is 12.9. The van der Waals surface area contributed by atoms with E-state index in [2.05, 4.69) is 240 Å². The molecule has 0 aliphatic heterocycles. The number of benzene rings is 10. The van der Waals surface area contributed by atoms with Crippen molar-refractivity contribution in [2.75, 3.05) is 0 Å². The standard InChI is InChI=1S/C61H38N2/c1-2-15-39(16-3-1)40-29-31-41(32-30-40)42-17-14-18-43(37-42)62-57-28-13-8-23-51(57)59-58(62)36-35-50-49-22-7-12-27-56(49)63(60(50)59)44-33-34-48-47-21-6-11-26-54(47)61(55(48)38-44)52-24-9-4-19-45(52)46-20-5-10-25-53(46)61/h1-38H. The maximum Gasteiger partial charge on any atom is 0.0726 e. The Bertz CT molecular complexity index is 3780. The van der Waals surface area contributed by atoms with Crippen LogP contribution in [0.3, 0.4) is 0 Å². The summed E-state index contributed by atoms with van der Waals surface area (Å²) in [4.78, 5) is 0. The van der Waals surface area contributed by atoms with Crippen LogP contribution in [0.4, 0.5) is 0 Å². The van der Waals surface area contributed by atoms with Crippen molar-refractivity contribution in [2.24, 2.45) is 0 Å². The average Bonchev–Trinajstić information content (AvgIpc) is 4.06. The van der Waals surface area contributed by atoms with Crippen LogP contribution >= 0.6 is 0 Å². The van der Waals surface area contributed by atoms with E-state index in [4.69, 9.17) is 0 Å². The molecule has 0 N–H and O–H groups in total. The lowest BCUT2D eigenvalue weighted by molar-refractivity contribution is 0.792. The van der Waals surface area contributed by atoms with Crippen molar-refractivity contribution in [1.82, 2.24) is 9.13 Å². The third-order valence-electron chi connectivity index (χ3n) is 14.1. The van der Waals surface area contributed by atoms with Gasteiger partial charge in [-0.25, -0.2) is 0 Å². The van der Waals surface area contributed by atoms with Gasteiger partial charge in [-0.3, -0.25) is 0 Å². The van der Waals surface area contributed by atoms with Crippen molar-refractivity contribution in [3.8, 4) is 55.9 Å². The number of para-hydroxylation sites is 2. The molecule has 0 saturated heterocycles. The minimum absolute atomic E-state index is 0.424. The van der Waals surface area contributed by atoms with E-state index in [1.54, 1.807) is 0 Å². The summed E-state index contributed by atoms with van der Waals surface area (Å²) in [5.41, 5.74) is 22.2. The van der Waals surface area contributed by atoms with E-state index < -0.39 is 5.41 Å². The van der Waals surface area contributed by atoms with E-state index in [-0.39, 0.29) is 0 Å². The Balaban J connectivity index is 1.02. The zero-order valence-electron chi connectivity index (χ0n) is 34.3. The molecule has 2 aliphatic rings. The topological polar surface area (TPSA) is 9.86 Å². The van der Waals surface area contributed by atoms with Crippen LogP contribution in [0.25, 0.3) is 99.5 Å². The highest BCUT2D eigenvalue weighted by molar-refractivity contribution is 6.26. The number of aromatic nitrogens is 2. The van der Waals surface area contributed by atoms with Gasteiger partial charge in [0.2, 0.25) is 0 Å². The Labute approximate surface area is 365 Å². The predicted molar refractivity (Wildman–Crippen MR) is 262 cm³/mol. The van der Waals surface area contributed by atoms with Gasteiger partial charge >= 0.3 is 0 Å². The summed E-state index contributed by atoms with van der Waals surface area (Å²) in [6.45, 7) is 0. The lowest BCUT2D eigenvalue weighted by Gasteiger charge is -2.30. The molecule has 2 heteroatoms. The molecule has 2 aromatic heterocycles. The van der Waals surface area contributed by atoms with Gasteiger partial charge in [0.05, 0.1) is 27.5 Å². The summed E-state index contributed by atoms with van der Waals surface area (Å²) in [5, 5.41) is 5.00. The van der Waals surface area contributed by atoms with Crippen molar-refractivity contribution in [2.45, 2.75) is 5.41 Å². The Hall–Kier alpha value is -8.20. The normalized spacial score (nSPS) is 13.2. The second-order valence-corrected chi connectivity index (χ2v) is 17.2. The first-order valence-corrected chi connectivity index (χ1v) is 21.9. The second-order valence-electron chi connectivity index (χ2n) is 17.2. The predicted octanol–water partition coefficient (Wildman–Crippen LogP) is 15.6. The third kappa shape index (κ3) is 4.62. The SMILES string of the molecule is c1ccc(-c2ccc(-c3cccc(-n4c5ccccc5c5c4ccc4c6ccccc6n(-c6ccc7c(c6)C6(c8ccccc8-c8ccccc86)c6ccccc6-7)c45)c3)cc2)cc1. The highest BCUT2D eigenvalue weighted by Crippen LogP contribution is 2.63. The Morgan fingerprint density at radius 2 is 0.778 bits per heavy atom. The summed E-state index contributed by atoms with van der Waals surface area (Å²) in [5.74, 6) is 0. The number of fused-ring (bicyclic) bond motifs is 17. The van der Waals surface area contributed by atoms with Crippen LogP contribution in [-0.4, -0.2) is 9.13 Å². The van der Waals surface area contributed by atoms with E-state index in [0.717, 1.165) is 5.69 Å². The Morgan fingerprint density at radius 1 is 0.270 bits per heavy atom. The fraction of sp³-hybridized carbons (Fsp3) is 0.0164. The average molecular weight is 799 g/mol. The largest absolute Gasteiger partial charge is 0.309 e. The summed E-state index contributed by atoms with van der Waals surface area (Å²) >= 11 is 0. The molecule has 0 unspecified atom stereocenters. The van der Waals surface area contributed by atoms with Gasteiger partial charge in [0, 0.05) is 32.9 Å².